The van der Waals surface area contributed by atoms with Crippen LogP contribution in [0.3, 0.4) is 0 Å². The van der Waals surface area contributed by atoms with Crippen LogP contribution in [-0.2, 0) is 6.54 Å². The van der Waals surface area contributed by atoms with E-state index in [4.69, 9.17) is 0 Å². The molecule has 1 aromatic heterocycles. The normalized spacial score (nSPS) is 10.4. The molecule has 0 fully saturated rings. The van der Waals surface area contributed by atoms with Crippen molar-refractivity contribution >= 4 is 21.6 Å². The predicted molar refractivity (Wildman–Crippen MR) is 65.6 cm³/mol. The molecule has 1 heterocycles. The highest BCUT2D eigenvalue weighted by Crippen LogP contribution is 2.23. The number of halogens is 4. The third-order valence-corrected chi connectivity index (χ3v) is 2.86. The van der Waals surface area contributed by atoms with Gasteiger partial charge in [-0.15, -0.1) is 0 Å². The molecule has 18 heavy (non-hydrogen) atoms. The predicted octanol–water partition coefficient (Wildman–Crippen LogP) is 3.87. The van der Waals surface area contributed by atoms with Crippen LogP contribution in [0.2, 0.25) is 0 Å². The Kier molecular flexibility index (Phi) is 3.86. The maximum Gasteiger partial charge on any atom is 0.147 e. The zero-order valence-corrected chi connectivity index (χ0v) is 10.6. The summed E-state index contributed by atoms with van der Waals surface area (Å²) in [6.45, 7) is 0.156. The van der Waals surface area contributed by atoms with Crippen LogP contribution in [0.15, 0.2) is 35.1 Å². The van der Waals surface area contributed by atoms with Crippen molar-refractivity contribution in [2.24, 2.45) is 0 Å². The summed E-state index contributed by atoms with van der Waals surface area (Å²) < 4.78 is 39.6. The Labute approximate surface area is 110 Å². The first kappa shape index (κ1) is 12.9. The van der Waals surface area contributed by atoms with Gasteiger partial charge in [0.2, 0.25) is 0 Å². The highest BCUT2D eigenvalue weighted by atomic mass is 79.9. The van der Waals surface area contributed by atoms with Gasteiger partial charge in [-0.05, 0) is 33.6 Å². The Balaban J connectivity index is 2.13. The molecular formula is C12H8BrF3N2. The van der Waals surface area contributed by atoms with E-state index in [-0.39, 0.29) is 16.7 Å². The first-order valence-corrected chi connectivity index (χ1v) is 5.83. The standard InChI is InChI=1S/C12H8BrF3N2/c13-9-2-11(16)12(3-10(9)15)18-5-7-1-8(14)6-17-4-7/h1-4,6,18H,5H2. The molecule has 2 nitrogen and oxygen atoms in total. The number of nitrogens with one attached hydrogen (secondary N) is 1. The molecule has 0 bridgehead atoms. The number of aromatic nitrogens is 1. The molecule has 2 rings (SSSR count). The van der Waals surface area contributed by atoms with Gasteiger partial charge in [-0.25, -0.2) is 13.2 Å². The van der Waals surface area contributed by atoms with E-state index in [1.165, 1.54) is 12.3 Å². The van der Waals surface area contributed by atoms with E-state index in [1.54, 1.807) is 0 Å². The van der Waals surface area contributed by atoms with Crippen LogP contribution in [0, 0.1) is 17.5 Å². The van der Waals surface area contributed by atoms with Crippen molar-refractivity contribution in [3.05, 3.63) is 58.1 Å². The quantitative estimate of drug-likeness (QED) is 0.869. The number of benzene rings is 1. The molecular weight excluding hydrogens is 309 g/mol. The smallest absolute Gasteiger partial charge is 0.147 e. The minimum Gasteiger partial charge on any atom is -0.378 e. The second kappa shape index (κ2) is 5.39. The summed E-state index contributed by atoms with van der Waals surface area (Å²) in [4.78, 5) is 3.66. The number of hydrogen-bond donors (Lipinski definition) is 1. The van der Waals surface area contributed by atoms with Gasteiger partial charge in [0.15, 0.2) is 0 Å². The molecule has 0 saturated carbocycles. The van der Waals surface area contributed by atoms with Crippen molar-refractivity contribution < 1.29 is 13.2 Å². The Bertz CT molecular complexity index is 575. The van der Waals surface area contributed by atoms with Gasteiger partial charge in [-0.1, -0.05) is 0 Å². The van der Waals surface area contributed by atoms with Gasteiger partial charge in [0.1, 0.15) is 17.5 Å². The van der Waals surface area contributed by atoms with E-state index in [9.17, 15) is 13.2 Å². The maximum absolute atomic E-state index is 13.5. The SMILES string of the molecule is Fc1cncc(CNc2cc(F)c(Br)cc2F)c1. The summed E-state index contributed by atoms with van der Waals surface area (Å²) in [6.07, 6.45) is 2.52. The summed E-state index contributed by atoms with van der Waals surface area (Å²) in [5.41, 5.74) is 0.553. The average molecular weight is 317 g/mol. The van der Waals surface area contributed by atoms with Crippen molar-refractivity contribution in [2.45, 2.75) is 6.54 Å². The number of pyridine rings is 1. The zero-order valence-electron chi connectivity index (χ0n) is 9.05. The Morgan fingerprint density at radius 2 is 1.83 bits per heavy atom. The van der Waals surface area contributed by atoms with E-state index in [0.29, 0.717) is 5.56 Å². The van der Waals surface area contributed by atoms with E-state index >= 15 is 0 Å². The van der Waals surface area contributed by atoms with Crippen molar-refractivity contribution in [1.82, 2.24) is 4.98 Å². The summed E-state index contributed by atoms with van der Waals surface area (Å²) in [5, 5.41) is 2.68. The molecule has 1 aromatic carbocycles. The highest BCUT2D eigenvalue weighted by molar-refractivity contribution is 9.10. The monoisotopic (exact) mass is 316 g/mol. The van der Waals surface area contributed by atoms with Crippen LogP contribution in [0.1, 0.15) is 5.56 Å². The van der Waals surface area contributed by atoms with Gasteiger partial charge >= 0.3 is 0 Å². The second-order valence-corrected chi connectivity index (χ2v) is 4.47. The lowest BCUT2D eigenvalue weighted by molar-refractivity contribution is 0.596. The van der Waals surface area contributed by atoms with Gasteiger partial charge in [0.25, 0.3) is 0 Å². The minimum atomic E-state index is -0.590. The molecule has 0 spiro atoms. The lowest BCUT2D eigenvalue weighted by atomic mass is 10.2. The first-order valence-electron chi connectivity index (χ1n) is 5.04. The molecule has 0 saturated heterocycles. The Morgan fingerprint density at radius 1 is 1.06 bits per heavy atom. The van der Waals surface area contributed by atoms with Crippen LogP contribution in [-0.4, -0.2) is 4.98 Å². The molecule has 0 amide bonds. The second-order valence-electron chi connectivity index (χ2n) is 3.61. The summed E-state index contributed by atoms with van der Waals surface area (Å²) in [6, 6.07) is 3.33. The van der Waals surface area contributed by atoms with Crippen molar-refractivity contribution in [2.75, 3.05) is 5.32 Å². The molecule has 6 heteroatoms. The zero-order chi connectivity index (χ0) is 13.1. The Morgan fingerprint density at radius 3 is 2.56 bits per heavy atom. The van der Waals surface area contributed by atoms with Gasteiger partial charge in [-0.2, -0.15) is 0 Å². The summed E-state index contributed by atoms with van der Waals surface area (Å²) in [5.74, 6) is -1.64. The number of hydrogen-bond acceptors (Lipinski definition) is 2. The topological polar surface area (TPSA) is 24.9 Å². The molecule has 0 atom stereocenters. The summed E-state index contributed by atoms with van der Waals surface area (Å²) in [7, 11) is 0. The minimum absolute atomic E-state index is 0.0139. The first-order chi connectivity index (χ1) is 8.56. The van der Waals surface area contributed by atoms with Gasteiger partial charge in [0.05, 0.1) is 16.4 Å². The van der Waals surface area contributed by atoms with Gasteiger partial charge < -0.3 is 5.32 Å². The van der Waals surface area contributed by atoms with E-state index in [2.05, 4.69) is 26.2 Å². The van der Waals surface area contributed by atoms with Gasteiger partial charge in [0, 0.05) is 18.8 Å². The fourth-order valence-corrected chi connectivity index (χ4v) is 1.72. The Hall–Kier alpha value is -1.56. The summed E-state index contributed by atoms with van der Waals surface area (Å²) >= 11 is 2.88. The molecule has 1 N–H and O–H groups in total. The number of anilines is 1. The third kappa shape index (κ3) is 3.01. The van der Waals surface area contributed by atoms with E-state index in [0.717, 1.165) is 18.3 Å². The lowest BCUT2D eigenvalue weighted by Gasteiger charge is -2.08. The van der Waals surface area contributed by atoms with E-state index in [1.807, 2.05) is 0 Å². The molecule has 0 aliphatic heterocycles. The highest BCUT2D eigenvalue weighted by Gasteiger charge is 2.08. The molecule has 94 valence electrons. The van der Waals surface area contributed by atoms with Crippen LogP contribution in [0.25, 0.3) is 0 Å². The van der Waals surface area contributed by atoms with E-state index < -0.39 is 17.5 Å². The fraction of sp³-hybridized carbons (Fsp3) is 0.0833. The third-order valence-electron chi connectivity index (χ3n) is 2.25. The molecule has 0 aliphatic carbocycles. The lowest BCUT2D eigenvalue weighted by Crippen LogP contribution is -2.03. The van der Waals surface area contributed by atoms with Crippen molar-refractivity contribution in [3.63, 3.8) is 0 Å². The molecule has 0 aliphatic rings. The van der Waals surface area contributed by atoms with Crippen molar-refractivity contribution in [3.8, 4) is 0 Å². The maximum atomic E-state index is 13.5. The molecule has 0 radical (unpaired) electrons. The molecule has 0 unspecified atom stereocenters. The van der Waals surface area contributed by atoms with Crippen molar-refractivity contribution in [1.29, 1.82) is 0 Å². The average Bonchev–Trinajstić information content (AvgIpc) is 2.32. The fourth-order valence-electron chi connectivity index (χ4n) is 1.41. The van der Waals surface area contributed by atoms with Crippen LogP contribution >= 0.6 is 15.9 Å². The molecule has 2 aromatic rings. The van der Waals surface area contributed by atoms with Crippen LogP contribution in [0.5, 0.6) is 0 Å². The number of nitrogens with zero attached hydrogens (tertiary/aromatic N) is 1. The number of rotatable bonds is 3. The van der Waals surface area contributed by atoms with Crippen LogP contribution < -0.4 is 5.32 Å². The van der Waals surface area contributed by atoms with Gasteiger partial charge in [-0.3, -0.25) is 4.98 Å². The largest absolute Gasteiger partial charge is 0.378 e. The van der Waals surface area contributed by atoms with Crippen LogP contribution in [0.4, 0.5) is 18.9 Å².